The van der Waals surface area contributed by atoms with E-state index in [4.69, 9.17) is 15.4 Å². The van der Waals surface area contributed by atoms with Gasteiger partial charge in [0.15, 0.2) is 0 Å². The summed E-state index contributed by atoms with van der Waals surface area (Å²) < 4.78 is 4.96. The molecule has 0 unspecified atom stereocenters. The minimum Gasteiger partial charge on any atom is -0.480 e. The molecule has 0 radical (unpaired) electrons. The normalized spacial score (nSPS) is 11.9. The number of primary amides is 1. The number of nitrogens with zero attached hydrogens (tertiary/aromatic N) is 1. The molecule has 0 aliphatic rings. The van der Waals surface area contributed by atoms with Crippen LogP contribution in [0.4, 0.5) is 0 Å². The van der Waals surface area contributed by atoms with Crippen molar-refractivity contribution in [2.75, 3.05) is 0 Å². The highest BCUT2D eigenvalue weighted by Gasteiger charge is 2.22. The second-order valence-corrected chi connectivity index (χ2v) is 4.43. The lowest BCUT2D eigenvalue weighted by Gasteiger charge is -2.12. The molecule has 0 saturated carbocycles. The Balaban J connectivity index is 2.54. The SMILES string of the molecule is Cc1noc(C)c1CCC(=O)N[C@H](CC(N)=O)C(=O)O. The van der Waals surface area contributed by atoms with E-state index < -0.39 is 30.2 Å². The van der Waals surface area contributed by atoms with E-state index in [2.05, 4.69) is 10.5 Å². The van der Waals surface area contributed by atoms with Crippen LogP contribution in [0.2, 0.25) is 0 Å². The molecule has 1 rings (SSSR count). The highest BCUT2D eigenvalue weighted by atomic mass is 16.5. The molecule has 0 fully saturated rings. The zero-order valence-corrected chi connectivity index (χ0v) is 11.3. The van der Waals surface area contributed by atoms with Gasteiger partial charge in [0.05, 0.1) is 12.1 Å². The zero-order valence-electron chi connectivity index (χ0n) is 11.3. The number of aliphatic carboxylic acids is 1. The summed E-state index contributed by atoms with van der Waals surface area (Å²) in [5, 5.41) is 14.9. The number of aryl methyl sites for hydroxylation is 2. The van der Waals surface area contributed by atoms with E-state index in [1.807, 2.05) is 0 Å². The van der Waals surface area contributed by atoms with Crippen LogP contribution in [0.5, 0.6) is 0 Å². The zero-order chi connectivity index (χ0) is 15.3. The van der Waals surface area contributed by atoms with Gasteiger partial charge in [0.2, 0.25) is 11.8 Å². The van der Waals surface area contributed by atoms with Gasteiger partial charge in [0, 0.05) is 12.0 Å². The molecular formula is C12H17N3O5. The molecule has 1 atom stereocenters. The van der Waals surface area contributed by atoms with Crippen molar-refractivity contribution in [1.29, 1.82) is 0 Å². The second kappa shape index (κ2) is 6.69. The van der Waals surface area contributed by atoms with Gasteiger partial charge in [-0.15, -0.1) is 0 Å². The number of nitrogens with two attached hydrogens (primary N) is 1. The largest absolute Gasteiger partial charge is 0.480 e. The van der Waals surface area contributed by atoms with Crippen molar-refractivity contribution < 1.29 is 24.0 Å². The summed E-state index contributed by atoms with van der Waals surface area (Å²) in [4.78, 5) is 33.3. The maximum absolute atomic E-state index is 11.7. The number of amides is 2. The van der Waals surface area contributed by atoms with Gasteiger partial charge in [0.1, 0.15) is 11.8 Å². The fourth-order valence-corrected chi connectivity index (χ4v) is 1.77. The molecule has 0 aliphatic heterocycles. The number of hydrogen-bond acceptors (Lipinski definition) is 5. The molecule has 0 bridgehead atoms. The first kappa shape index (κ1) is 15.7. The highest BCUT2D eigenvalue weighted by molar-refractivity contribution is 5.88. The summed E-state index contributed by atoms with van der Waals surface area (Å²) >= 11 is 0. The lowest BCUT2D eigenvalue weighted by molar-refractivity contribution is -0.143. The fraction of sp³-hybridized carbons (Fsp3) is 0.500. The Morgan fingerprint density at radius 2 is 2.05 bits per heavy atom. The molecule has 8 nitrogen and oxygen atoms in total. The van der Waals surface area contributed by atoms with E-state index in [0.717, 1.165) is 5.56 Å². The van der Waals surface area contributed by atoms with Crippen molar-refractivity contribution in [2.24, 2.45) is 5.73 Å². The van der Waals surface area contributed by atoms with Crippen molar-refractivity contribution in [3.05, 3.63) is 17.0 Å². The van der Waals surface area contributed by atoms with Crippen LogP contribution >= 0.6 is 0 Å². The summed E-state index contributed by atoms with van der Waals surface area (Å²) in [6.07, 6.45) is 0.0216. The van der Waals surface area contributed by atoms with Crippen LogP contribution in [0.25, 0.3) is 0 Å². The first-order chi connectivity index (χ1) is 9.31. The Hall–Kier alpha value is -2.38. The molecule has 8 heteroatoms. The number of nitrogens with one attached hydrogen (secondary N) is 1. The van der Waals surface area contributed by atoms with E-state index in [1.165, 1.54) is 0 Å². The third kappa shape index (κ3) is 4.38. The third-order valence-corrected chi connectivity index (χ3v) is 2.82. The Kier molecular flexibility index (Phi) is 5.24. The predicted molar refractivity (Wildman–Crippen MR) is 67.7 cm³/mol. The molecule has 0 spiro atoms. The van der Waals surface area contributed by atoms with Crippen molar-refractivity contribution in [3.8, 4) is 0 Å². The molecule has 4 N–H and O–H groups in total. The number of rotatable bonds is 7. The van der Waals surface area contributed by atoms with Crippen LogP contribution < -0.4 is 11.1 Å². The summed E-state index contributed by atoms with van der Waals surface area (Å²) in [5.74, 6) is -1.93. The average molecular weight is 283 g/mol. The molecule has 0 saturated heterocycles. The number of carbonyl (C=O) groups is 3. The van der Waals surface area contributed by atoms with Crippen molar-refractivity contribution >= 4 is 17.8 Å². The molecule has 1 aromatic heterocycles. The van der Waals surface area contributed by atoms with Gasteiger partial charge < -0.3 is 20.7 Å². The first-order valence-corrected chi connectivity index (χ1v) is 6.03. The molecule has 2 amide bonds. The van der Waals surface area contributed by atoms with Gasteiger partial charge in [0.25, 0.3) is 0 Å². The van der Waals surface area contributed by atoms with E-state index >= 15 is 0 Å². The number of hydrogen-bond donors (Lipinski definition) is 3. The summed E-state index contributed by atoms with van der Waals surface area (Å²) in [6, 6.07) is -1.30. The maximum Gasteiger partial charge on any atom is 0.326 e. The summed E-state index contributed by atoms with van der Waals surface area (Å²) in [7, 11) is 0. The van der Waals surface area contributed by atoms with Gasteiger partial charge in [-0.05, 0) is 20.3 Å². The number of carbonyl (C=O) groups excluding carboxylic acids is 2. The Bertz CT molecular complexity index is 504. The minimum absolute atomic E-state index is 0.0748. The summed E-state index contributed by atoms with van der Waals surface area (Å²) in [5.41, 5.74) is 6.44. The molecule has 1 aromatic rings. The highest BCUT2D eigenvalue weighted by Crippen LogP contribution is 2.14. The van der Waals surface area contributed by atoms with Gasteiger partial charge in [-0.25, -0.2) is 4.79 Å². The molecule has 20 heavy (non-hydrogen) atoms. The van der Waals surface area contributed by atoms with Crippen LogP contribution in [0.1, 0.15) is 29.9 Å². The van der Waals surface area contributed by atoms with E-state index in [0.29, 0.717) is 17.9 Å². The van der Waals surface area contributed by atoms with Gasteiger partial charge in [-0.3, -0.25) is 9.59 Å². The standard InChI is InChI=1S/C12H17N3O5/c1-6-8(7(2)20-15-6)3-4-11(17)14-9(12(18)19)5-10(13)16/h9H,3-5H2,1-2H3,(H2,13,16)(H,14,17)(H,18,19)/t9-/m1/s1. The monoisotopic (exact) mass is 283 g/mol. The smallest absolute Gasteiger partial charge is 0.326 e. The molecule has 110 valence electrons. The maximum atomic E-state index is 11.7. The Morgan fingerprint density at radius 3 is 2.50 bits per heavy atom. The van der Waals surface area contributed by atoms with E-state index in [-0.39, 0.29) is 6.42 Å². The number of aromatic nitrogens is 1. The van der Waals surface area contributed by atoms with Gasteiger partial charge in [-0.1, -0.05) is 5.16 Å². The molecular weight excluding hydrogens is 266 g/mol. The van der Waals surface area contributed by atoms with Gasteiger partial charge >= 0.3 is 5.97 Å². The average Bonchev–Trinajstić information content (AvgIpc) is 2.65. The van der Waals surface area contributed by atoms with Crippen LogP contribution in [0.3, 0.4) is 0 Å². The van der Waals surface area contributed by atoms with Crippen LogP contribution in [-0.4, -0.2) is 34.1 Å². The Morgan fingerprint density at radius 1 is 1.40 bits per heavy atom. The third-order valence-electron chi connectivity index (χ3n) is 2.82. The predicted octanol–water partition coefficient (Wildman–Crippen LogP) is -0.331. The Labute approximate surface area is 115 Å². The molecule has 0 aliphatic carbocycles. The van der Waals surface area contributed by atoms with E-state index in [9.17, 15) is 14.4 Å². The lowest BCUT2D eigenvalue weighted by Crippen LogP contribution is -2.43. The van der Waals surface area contributed by atoms with Gasteiger partial charge in [-0.2, -0.15) is 0 Å². The lowest BCUT2D eigenvalue weighted by atomic mass is 10.1. The molecule has 1 heterocycles. The quantitative estimate of drug-likeness (QED) is 0.626. The van der Waals surface area contributed by atoms with Crippen molar-refractivity contribution in [3.63, 3.8) is 0 Å². The minimum atomic E-state index is -1.30. The number of carboxylic acids is 1. The van der Waals surface area contributed by atoms with Crippen LogP contribution in [0.15, 0.2) is 4.52 Å². The van der Waals surface area contributed by atoms with Crippen LogP contribution in [0, 0.1) is 13.8 Å². The fourth-order valence-electron chi connectivity index (χ4n) is 1.77. The second-order valence-electron chi connectivity index (χ2n) is 4.43. The number of carboxylic acid groups (broad SMARTS) is 1. The molecule has 0 aromatic carbocycles. The topological polar surface area (TPSA) is 136 Å². The van der Waals surface area contributed by atoms with E-state index in [1.54, 1.807) is 13.8 Å². The van der Waals surface area contributed by atoms with Crippen molar-refractivity contribution in [2.45, 2.75) is 39.2 Å². The van der Waals surface area contributed by atoms with Crippen LogP contribution in [-0.2, 0) is 20.8 Å². The first-order valence-electron chi connectivity index (χ1n) is 6.03. The van der Waals surface area contributed by atoms with Crippen molar-refractivity contribution in [1.82, 2.24) is 10.5 Å². The summed E-state index contributed by atoms with van der Waals surface area (Å²) in [6.45, 7) is 3.50.